The number of benzene rings is 15. The lowest BCUT2D eigenvalue weighted by Crippen LogP contribution is -2.26. The van der Waals surface area contributed by atoms with Crippen molar-refractivity contribution < 1.29 is 8.83 Å². The van der Waals surface area contributed by atoms with Crippen LogP contribution in [0, 0.1) is 0 Å². The zero-order valence-corrected chi connectivity index (χ0v) is 54.0. The molecule has 5 heteroatoms. The average molecular weight is 1260 g/mol. The van der Waals surface area contributed by atoms with E-state index in [9.17, 15) is 0 Å². The monoisotopic (exact) mass is 1250 g/mol. The van der Waals surface area contributed by atoms with Crippen molar-refractivity contribution in [3.8, 4) is 55.6 Å². The largest absolute Gasteiger partial charge is 0.456 e. The maximum Gasteiger partial charge on any atom is 0.159 e. The highest BCUT2D eigenvalue weighted by Crippen LogP contribution is 2.65. The Bertz CT molecular complexity index is 6340. The van der Waals surface area contributed by atoms with Gasteiger partial charge in [0.2, 0.25) is 0 Å². The molecule has 0 fully saturated rings. The standard InChI is InChI=1S/C92H58N2O2S/c1-91(2)75-29-12-8-25-66(75)72-54-63(44-47-76(72)91)93(62-42-37-55(38-43-62)58-41-48-84-73(50-58)74-49-56-19-6-7-20-57(56)51-86(74)95-84)83-36-17-28-70-68-46-40-60(53-87(68)97-90(70)83)59-39-45-67-69-27-16-35-82(89(69)96-85(67)52-59)94(61-21-4-3-5-22-61)81-34-18-33-80-88(81)71-26-11-15-32-79(71)92(80)77-30-13-9-23-64(77)65-24-10-14-31-78(65)92/h3-54H,1-2H3. The van der Waals surface area contributed by atoms with Crippen LogP contribution < -0.4 is 9.80 Å². The summed E-state index contributed by atoms with van der Waals surface area (Å²) < 4.78 is 16.2. The van der Waals surface area contributed by atoms with E-state index in [4.69, 9.17) is 8.83 Å². The van der Waals surface area contributed by atoms with Crippen molar-refractivity contribution in [2.45, 2.75) is 24.7 Å². The number of hydrogen-bond donors (Lipinski definition) is 0. The first kappa shape index (κ1) is 54.4. The molecule has 0 amide bonds. The molecule has 0 unspecified atom stereocenters. The molecule has 15 aromatic carbocycles. The number of para-hydroxylation sites is 2. The van der Waals surface area contributed by atoms with Crippen molar-refractivity contribution in [1.29, 1.82) is 0 Å². The predicted octanol–water partition coefficient (Wildman–Crippen LogP) is 25.9. The summed E-state index contributed by atoms with van der Waals surface area (Å²) in [5.41, 5.74) is 29.5. The summed E-state index contributed by atoms with van der Waals surface area (Å²) in [6, 6.07) is 117. The molecule has 1 spiro atoms. The molecule has 0 saturated carbocycles. The van der Waals surface area contributed by atoms with E-state index in [1.165, 1.54) is 97.7 Å². The first-order chi connectivity index (χ1) is 47.8. The van der Waals surface area contributed by atoms with E-state index in [2.05, 4.69) is 339 Å². The van der Waals surface area contributed by atoms with E-state index in [0.717, 1.165) is 100 Å². The first-order valence-corrected chi connectivity index (χ1v) is 34.3. The van der Waals surface area contributed by atoms with Gasteiger partial charge in [0, 0.05) is 65.1 Å². The number of thiophene rings is 1. The van der Waals surface area contributed by atoms with Crippen LogP contribution in [0.3, 0.4) is 0 Å². The molecule has 97 heavy (non-hydrogen) atoms. The Balaban J connectivity index is 0.677. The lowest BCUT2D eigenvalue weighted by molar-refractivity contribution is 0.660. The number of hydrogen-bond acceptors (Lipinski definition) is 5. The fourth-order valence-corrected chi connectivity index (χ4v) is 18.5. The van der Waals surface area contributed by atoms with Crippen molar-refractivity contribution >= 4 is 120 Å². The fourth-order valence-electron chi connectivity index (χ4n) is 17.3. The zero-order chi connectivity index (χ0) is 63.8. The van der Waals surface area contributed by atoms with Gasteiger partial charge >= 0.3 is 0 Å². The van der Waals surface area contributed by atoms with Crippen molar-refractivity contribution in [3.05, 3.63) is 349 Å². The van der Waals surface area contributed by atoms with Crippen LogP contribution in [-0.4, -0.2) is 0 Å². The van der Waals surface area contributed by atoms with Gasteiger partial charge in [0.1, 0.15) is 16.7 Å². The molecule has 3 aromatic heterocycles. The van der Waals surface area contributed by atoms with Gasteiger partial charge in [-0.2, -0.15) is 0 Å². The summed E-state index contributed by atoms with van der Waals surface area (Å²) in [6.07, 6.45) is 0. The van der Waals surface area contributed by atoms with Gasteiger partial charge in [0.25, 0.3) is 0 Å². The summed E-state index contributed by atoms with van der Waals surface area (Å²) in [6.45, 7) is 4.71. The van der Waals surface area contributed by atoms with E-state index in [-0.39, 0.29) is 5.41 Å². The molecule has 0 atom stereocenters. The molecule has 18 aromatic rings. The number of rotatable bonds is 8. The maximum atomic E-state index is 7.29. The Morgan fingerprint density at radius 2 is 0.825 bits per heavy atom. The molecular weight excluding hydrogens is 1200 g/mol. The van der Waals surface area contributed by atoms with Crippen LogP contribution in [0.2, 0.25) is 0 Å². The molecule has 0 saturated heterocycles. The molecule has 454 valence electrons. The van der Waals surface area contributed by atoms with Crippen LogP contribution in [0.25, 0.3) is 130 Å². The molecule has 3 heterocycles. The third-order valence-corrected chi connectivity index (χ3v) is 22.8. The molecule has 3 aliphatic carbocycles. The quantitative estimate of drug-likeness (QED) is 0.152. The predicted molar refractivity (Wildman–Crippen MR) is 405 cm³/mol. The maximum absolute atomic E-state index is 7.29. The molecule has 0 N–H and O–H groups in total. The van der Waals surface area contributed by atoms with E-state index < -0.39 is 5.41 Å². The summed E-state index contributed by atoms with van der Waals surface area (Å²) in [7, 11) is 0. The minimum Gasteiger partial charge on any atom is -0.456 e. The van der Waals surface area contributed by atoms with Crippen LogP contribution in [-0.2, 0) is 10.8 Å². The number of anilines is 6. The third-order valence-electron chi connectivity index (χ3n) is 21.6. The molecule has 0 bridgehead atoms. The fraction of sp³-hybridized carbons (Fsp3) is 0.0435. The topological polar surface area (TPSA) is 32.8 Å². The summed E-state index contributed by atoms with van der Waals surface area (Å²) >= 11 is 1.86. The SMILES string of the molecule is CC1(C)c2ccccc2-c2cc(N(c3ccc(-c4ccc5oc6cc7ccccc7cc6c5c4)cc3)c3cccc4c3sc3cc(-c5ccc6c(c5)oc5c(N(c7ccccc7)c7cccc8c7-c7ccccc7C87c8ccccc8-c8ccccc87)cccc56)ccc34)ccc21. The zero-order valence-electron chi connectivity index (χ0n) is 53.1. The second-order valence-electron chi connectivity index (χ2n) is 27.0. The molecule has 3 aliphatic rings. The van der Waals surface area contributed by atoms with Crippen molar-refractivity contribution in [1.82, 2.24) is 0 Å². The summed E-state index contributed by atoms with van der Waals surface area (Å²) in [4.78, 5) is 4.91. The molecule has 0 aliphatic heterocycles. The Morgan fingerprint density at radius 3 is 1.60 bits per heavy atom. The molecule has 0 radical (unpaired) electrons. The smallest absolute Gasteiger partial charge is 0.159 e. The highest BCUT2D eigenvalue weighted by molar-refractivity contribution is 7.26. The highest BCUT2D eigenvalue weighted by Gasteiger charge is 2.52. The van der Waals surface area contributed by atoms with Gasteiger partial charge in [-0.05, 0) is 191 Å². The van der Waals surface area contributed by atoms with Crippen LogP contribution in [0.5, 0.6) is 0 Å². The third kappa shape index (κ3) is 7.69. The highest BCUT2D eigenvalue weighted by atomic mass is 32.1. The second kappa shape index (κ2) is 20.3. The van der Waals surface area contributed by atoms with Crippen molar-refractivity contribution in [2.75, 3.05) is 9.80 Å². The minimum absolute atomic E-state index is 0.116. The Kier molecular flexibility index (Phi) is 11.4. The van der Waals surface area contributed by atoms with Gasteiger partial charge in [-0.15, -0.1) is 11.3 Å². The Hall–Kier alpha value is -12.0. The van der Waals surface area contributed by atoms with Crippen LogP contribution in [0.4, 0.5) is 34.1 Å². The molecule has 4 nitrogen and oxygen atoms in total. The lowest BCUT2D eigenvalue weighted by Gasteiger charge is -2.31. The van der Waals surface area contributed by atoms with Crippen molar-refractivity contribution in [2.24, 2.45) is 0 Å². The summed E-state index contributed by atoms with van der Waals surface area (Å²) in [5, 5.41) is 9.25. The van der Waals surface area contributed by atoms with E-state index in [1.54, 1.807) is 0 Å². The lowest BCUT2D eigenvalue weighted by atomic mass is 9.70. The van der Waals surface area contributed by atoms with Gasteiger partial charge in [0.05, 0.1) is 27.2 Å². The minimum atomic E-state index is -0.477. The molecular formula is C92H58N2O2S. The van der Waals surface area contributed by atoms with Gasteiger partial charge in [-0.1, -0.05) is 232 Å². The van der Waals surface area contributed by atoms with E-state index in [1.807, 2.05) is 11.3 Å². The van der Waals surface area contributed by atoms with Gasteiger partial charge < -0.3 is 18.6 Å². The Morgan fingerprint density at radius 1 is 0.289 bits per heavy atom. The van der Waals surface area contributed by atoms with E-state index >= 15 is 0 Å². The van der Waals surface area contributed by atoms with Crippen LogP contribution >= 0.6 is 11.3 Å². The average Bonchev–Trinajstić information content (AvgIpc) is 1.51. The number of nitrogens with zero attached hydrogens (tertiary/aromatic N) is 2. The van der Waals surface area contributed by atoms with E-state index in [0.29, 0.717) is 0 Å². The number of furan rings is 2. The first-order valence-electron chi connectivity index (χ1n) is 33.5. The van der Waals surface area contributed by atoms with Gasteiger partial charge in [-0.3, -0.25) is 0 Å². The van der Waals surface area contributed by atoms with Gasteiger partial charge in [-0.25, -0.2) is 0 Å². The van der Waals surface area contributed by atoms with Gasteiger partial charge in [0.15, 0.2) is 5.58 Å². The number of fused-ring (bicyclic) bond motifs is 23. The second-order valence-corrected chi connectivity index (χ2v) is 28.0. The normalized spacial score (nSPS) is 13.6. The summed E-state index contributed by atoms with van der Waals surface area (Å²) in [5.74, 6) is 0. The van der Waals surface area contributed by atoms with Crippen LogP contribution in [0.1, 0.15) is 47.2 Å². The van der Waals surface area contributed by atoms with Crippen LogP contribution in [0.15, 0.2) is 324 Å². The molecule has 21 rings (SSSR count). The Labute approximate surface area is 564 Å². The van der Waals surface area contributed by atoms with Crippen molar-refractivity contribution in [3.63, 3.8) is 0 Å².